The van der Waals surface area contributed by atoms with Crippen LogP contribution in [0.4, 0.5) is 8.78 Å². The van der Waals surface area contributed by atoms with Crippen molar-refractivity contribution in [3.8, 4) is 11.8 Å². The Kier molecular flexibility index (Phi) is 8.08. The fourth-order valence-corrected chi connectivity index (χ4v) is 4.06. The summed E-state index contributed by atoms with van der Waals surface area (Å²) in [5.74, 6) is -3.20. The van der Waals surface area contributed by atoms with Crippen LogP contribution in [-0.4, -0.2) is 60.1 Å². The molecule has 9 nitrogen and oxygen atoms in total. The average molecular weight is 499 g/mol. The van der Waals surface area contributed by atoms with Crippen molar-refractivity contribution < 1.29 is 27.9 Å². The largest absolute Gasteiger partial charge is 0.465 e. The molecule has 0 aliphatic heterocycles. The Bertz CT molecular complexity index is 1320. The Balaban J connectivity index is 1.77. The number of hydrogen-bond donors (Lipinski definition) is 2. The van der Waals surface area contributed by atoms with Gasteiger partial charge in [0, 0.05) is 17.0 Å². The number of nitrogens with one attached hydrogen (secondary N) is 2. The van der Waals surface area contributed by atoms with Crippen LogP contribution in [0.5, 0.6) is 0 Å². The summed E-state index contributed by atoms with van der Waals surface area (Å²) in [6.45, 7) is 0.532. The Morgan fingerprint density at radius 3 is 2.57 bits per heavy atom. The normalized spacial score (nSPS) is 11.0. The van der Waals surface area contributed by atoms with Crippen molar-refractivity contribution in [3.63, 3.8) is 0 Å². The minimum atomic E-state index is -3.96. The molecule has 3 aromatic rings. The van der Waals surface area contributed by atoms with Gasteiger partial charge in [-0.2, -0.15) is 14.0 Å². The van der Waals surface area contributed by atoms with Gasteiger partial charge in [-0.15, -0.1) is 0 Å². The van der Waals surface area contributed by atoms with Gasteiger partial charge in [0.1, 0.15) is 6.54 Å². The second-order valence-electron chi connectivity index (χ2n) is 7.19. The van der Waals surface area contributed by atoms with Gasteiger partial charge >= 0.3 is 17.1 Å². The van der Waals surface area contributed by atoms with Gasteiger partial charge in [0.25, 0.3) is 0 Å². The molecule has 2 N–H and O–H groups in total. The third-order valence-corrected chi connectivity index (χ3v) is 5.71. The number of hydrogen-bond acceptors (Lipinski definition) is 7. The first-order valence-corrected chi connectivity index (χ1v) is 11.2. The van der Waals surface area contributed by atoms with Crippen LogP contribution < -0.4 is 16.2 Å². The molecule has 0 radical (unpaired) electrons. The van der Waals surface area contributed by atoms with E-state index in [0.29, 0.717) is 27.6 Å². The van der Waals surface area contributed by atoms with E-state index in [1.54, 1.807) is 51.2 Å². The summed E-state index contributed by atoms with van der Waals surface area (Å²) in [6.07, 6.45) is 1.39. The number of carbonyl (C=O) groups excluding carboxylic acids is 3. The van der Waals surface area contributed by atoms with E-state index in [-0.39, 0.29) is 23.5 Å². The number of fused-ring (bicyclic) bond motifs is 1. The summed E-state index contributed by atoms with van der Waals surface area (Å²) in [5.41, 5.74) is 1.49. The number of nitriles is 1. The van der Waals surface area contributed by atoms with Crippen LogP contribution in [0.2, 0.25) is 0 Å². The molecule has 1 heterocycles. The van der Waals surface area contributed by atoms with Crippen LogP contribution in [0.15, 0.2) is 47.8 Å². The lowest BCUT2D eigenvalue weighted by Gasteiger charge is -2.18. The number of amides is 2. The smallest absolute Gasteiger partial charge is 0.377 e. The van der Waals surface area contributed by atoms with E-state index in [0.717, 1.165) is 0 Å². The van der Waals surface area contributed by atoms with Gasteiger partial charge in [-0.05, 0) is 36.4 Å². The van der Waals surface area contributed by atoms with Gasteiger partial charge in [-0.3, -0.25) is 14.4 Å². The van der Waals surface area contributed by atoms with Gasteiger partial charge in [0.2, 0.25) is 5.91 Å². The van der Waals surface area contributed by atoms with Crippen molar-refractivity contribution in [2.75, 3.05) is 19.7 Å². The second-order valence-corrected chi connectivity index (χ2v) is 8.27. The fourth-order valence-electron chi connectivity index (χ4n) is 3.23. The number of imidazole rings is 1. The van der Waals surface area contributed by atoms with Crippen molar-refractivity contribution in [2.24, 2.45) is 0 Å². The fraction of sp³-hybridized carbons (Fsp3) is 0.227. The molecule has 13 heteroatoms. The van der Waals surface area contributed by atoms with Gasteiger partial charge in [0.15, 0.2) is 13.0 Å². The van der Waals surface area contributed by atoms with Gasteiger partial charge < -0.3 is 19.9 Å². The molecular weight excluding hydrogens is 479 g/mol. The van der Waals surface area contributed by atoms with Gasteiger partial charge in [-0.1, -0.05) is 24.3 Å². The van der Waals surface area contributed by atoms with Crippen LogP contribution in [0.1, 0.15) is 12.5 Å². The minimum Gasteiger partial charge on any atom is -0.465 e. The standard InChI is InChI=1S/C22H20BF2N5O4S/c1-2-34-19(32)12-27-18(31)11-28-20(33)22(24,25)35-21-29-10-17(23)30(21)16-8-7-13(9-26)14-5-3-4-6-15(14)16/h3-8,10H,2,11-12,23H2,1H3,(H,27,31)(H,28,33). The Labute approximate surface area is 204 Å². The molecule has 0 aliphatic rings. The van der Waals surface area contributed by atoms with Crippen molar-refractivity contribution in [2.45, 2.75) is 17.3 Å². The number of alkyl halides is 2. The van der Waals surface area contributed by atoms with Crippen LogP contribution in [0.3, 0.4) is 0 Å². The second kappa shape index (κ2) is 11.0. The van der Waals surface area contributed by atoms with Gasteiger partial charge in [-0.25, -0.2) is 4.98 Å². The van der Waals surface area contributed by atoms with Crippen LogP contribution in [-0.2, 0) is 19.1 Å². The van der Waals surface area contributed by atoms with E-state index in [9.17, 15) is 28.4 Å². The number of thioether (sulfide) groups is 1. The number of aromatic nitrogens is 2. The zero-order chi connectivity index (χ0) is 25.6. The van der Waals surface area contributed by atoms with E-state index in [1.165, 1.54) is 10.8 Å². The molecule has 0 saturated heterocycles. The van der Waals surface area contributed by atoms with Crippen LogP contribution in [0, 0.1) is 11.3 Å². The highest BCUT2D eigenvalue weighted by molar-refractivity contribution is 8.00. The van der Waals surface area contributed by atoms with E-state index >= 15 is 0 Å². The topological polar surface area (TPSA) is 126 Å². The summed E-state index contributed by atoms with van der Waals surface area (Å²) in [4.78, 5) is 39.2. The number of rotatable bonds is 9. The molecule has 35 heavy (non-hydrogen) atoms. The summed E-state index contributed by atoms with van der Waals surface area (Å²) >= 11 is -0.0730. The highest BCUT2D eigenvalue weighted by Crippen LogP contribution is 2.37. The quantitative estimate of drug-likeness (QED) is 0.251. The average Bonchev–Trinajstić information content (AvgIpc) is 3.19. The third kappa shape index (κ3) is 5.96. The van der Waals surface area contributed by atoms with E-state index in [4.69, 9.17) is 0 Å². The molecule has 1 aromatic heterocycles. The minimum absolute atomic E-state index is 0.0730. The summed E-state index contributed by atoms with van der Waals surface area (Å²) in [7, 11) is 1.68. The van der Waals surface area contributed by atoms with E-state index < -0.39 is 36.1 Å². The maximum Gasteiger partial charge on any atom is 0.377 e. The molecule has 180 valence electrons. The molecule has 0 aliphatic carbocycles. The lowest BCUT2D eigenvalue weighted by molar-refractivity contribution is -0.143. The number of esters is 1. The molecule has 0 atom stereocenters. The lowest BCUT2D eigenvalue weighted by Crippen LogP contribution is -2.44. The molecular formula is C22H20BF2N5O4S. The molecule has 2 amide bonds. The number of benzene rings is 2. The number of halogens is 2. The maximum atomic E-state index is 14.8. The van der Waals surface area contributed by atoms with Crippen molar-refractivity contribution >= 4 is 53.8 Å². The highest BCUT2D eigenvalue weighted by atomic mass is 32.2. The molecule has 0 unspecified atom stereocenters. The molecule has 0 spiro atoms. The number of nitrogens with zero attached hydrogens (tertiary/aromatic N) is 3. The first-order valence-electron chi connectivity index (χ1n) is 10.4. The maximum absolute atomic E-state index is 14.8. The summed E-state index contributed by atoms with van der Waals surface area (Å²) in [5, 5.41) is 10.6. The van der Waals surface area contributed by atoms with Crippen molar-refractivity contribution in [3.05, 3.63) is 48.2 Å². The Hall–Kier alpha value is -3.92. The Morgan fingerprint density at radius 1 is 1.17 bits per heavy atom. The number of carbonyl (C=O) groups is 3. The van der Waals surface area contributed by atoms with E-state index in [2.05, 4.69) is 21.1 Å². The molecule has 0 saturated carbocycles. The third-order valence-electron chi connectivity index (χ3n) is 4.80. The monoisotopic (exact) mass is 499 g/mol. The van der Waals surface area contributed by atoms with Gasteiger partial charge in [0.05, 0.1) is 30.5 Å². The van der Waals surface area contributed by atoms with Crippen LogP contribution in [0.25, 0.3) is 16.5 Å². The zero-order valence-electron chi connectivity index (χ0n) is 18.8. The highest BCUT2D eigenvalue weighted by Gasteiger charge is 2.42. The predicted octanol–water partition coefficient (Wildman–Crippen LogP) is 0.636. The molecule has 0 fully saturated rings. The predicted molar refractivity (Wildman–Crippen MR) is 127 cm³/mol. The van der Waals surface area contributed by atoms with Crippen molar-refractivity contribution in [1.29, 1.82) is 5.26 Å². The first kappa shape index (κ1) is 25.7. The SMILES string of the molecule is Bc1cnc(SC(F)(F)C(=O)NCC(=O)NCC(=O)OCC)n1-c1ccc(C#N)c2ccccc12. The lowest BCUT2D eigenvalue weighted by atomic mass is 10.0. The molecule has 0 bridgehead atoms. The number of ether oxygens (including phenoxy) is 1. The zero-order valence-corrected chi connectivity index (χ0v) is 19.6. The Morgan fingerprint density at radius 2 is 1.89 bits per heavy atom. The van der Waals surface area contributed by atoms with Crippen molar-refractivity contribution in [1.82, 2.24) is 20.2 Å². The first-order chi connectivity index (χ1) is 16.7. The summed E-state index contributed by atoms with van der Waals surface area (Å²) in [6, 6.07) is 12.4. The van der Waals surface area contributed by atoms with Crippen LogP contribution >= 0.6 is 11.8 Å². The summed E-state index contributed by atoms with van der Waals surface area (Å²) < 4.78 is 35.6. The molecule has 2 aromatic carbocycles. The van der Waals surface area contributed by atoms with E-state index in [1.807, 2.05) is 5.32 Å². The molecule has 3 rings (SSSR count).